The predicted octanol–water partition coefficient (Wildman–Crippen LogP) is 5.40. The average Bonchev–Trinajstić information content (AvgIpc) is 3.20. The van der Waals surface area contributed by atoms with Crippen molar-refractivity contribution >= 4 is 21.9 Å². The number of aryl methyl sites for hydroxylation is 1. The topological polar surface area (TPSA) is 68.5 Å². The van der Waals surface area contributed by atoms with Gasteiger partial charge in [-0.3, -0.25) is 0 Å². The summed E-state index contributed by atoms with van der Waals surface area (Å²) in [5, 5.41) is 6.36. The number of aromatic nitrogens is 2. The smallest absolute Gasteiger partial charge is 0.410 e. The normalized spacial score (nSPS) is 16.6. The number of carbonyl (C=O) groups excluding carboxylic acids is 1. The van der Waals surface area contributed by atoms with Crippen LogP contribution in [0.5, 0.6) is 0 Å². The molecule has 1 atom stereocenters. The molecular weight excluding hydrogens is 398 g/mol. The summed E-state index contributed by atoms with van der Waals surface area (Å²) in [4.78, 5) is 19.9. The Morgan fingerprint density at radius 3 is 2.53 bits per heavy atom. The third kappa shape index (κ3) is 6.17. The fraction of sp³-hybridized carbons (Fsp3) is 0.565. The number of amides is 1. The predicted molar refractivity (Wildman–Crippen MR) is 122 cm³/mol. The van der Waals surface area contributed by atoms with Gasteiger partial charge in [-0.15, -0.1) is 0 Å². The third-order valence-electron chi connectivity index (χ3n) is 5.34. The lowest BCUT2D eigenvalue weighted by Crippen LogP contribution is -2.41. The molecule has 7 heteroatoms. The second-order valence-electron chi connectivity index (χ2n) is 8.78. The first-order chi connectivity index (χ1) is 14.2. The molecule has 0 aliphatic carbocycles. The zero-order chi connectivity index (χ0) is 21.7. The number of hydrogen-bond donors (Lipinski definition) is 0. The van der Waals surface area contributed by atoms with Gasteiger partial charge in [-0.2, -0.15) is 15.5 Å². The number of nitrogens with zero attached hydrogens (tertiary/aromatic N) is 3. The van der Waals surface area contributed by atoms with Gasteiger partial charge in [0.15, 0.2) is 0 Å². The SMILES string of the molecule is C/C=S(\C)c1ccc(-c2noc(CCC3CCN(C(=O)OC(C)(C)C)CC3)n2)cc1. The van der Waals surface area contributed by atoms with Crippen LogP contribution in [-0.2, 0) is 11.2 Å². The maximum atomic E-state index is 12.2. The zero-order valence-electron chi connectivity index (χ0n) is 18.7. The second-order valence-corrected chi connectivity index (χ2v) is 10.8. The van der Waals surface area contributed by atoms with Crippen LogP contribution in [0.3, 0.4) is 0 Å². The summed E-state index contributed by atoms with van der Waals surface area (Å²) in [5.74, 6) is 1.89. The molecule has 0 spiro atoms. The molecule has 0 saturated carbocycles. The van der Waals surface area contributed by atoms with Crippen LogP contribution in [0.1, 0.15) is 52.8 Å². The van der Waals surface area contributed by atoms with E-state index in [1.54, 1.807) is 0 Å². The Bertz CT molecular complexity index is 876. The third-order valence-corrected chi connectivity index (χ3v) is 7.06. The van der Waals surface area contributed by atoms with E-state index in [2.05, 4.69) is 53.0 Å². The van der Waals surface area contributed by atoms with Crippen molar-refractivity contribution in [3.8, 4) is 11.4 Å². The van der Waals surface area contributed by atoms with Crippen molar-refractivity contribution in [1.82, 2.24) is 15.0 Å². The summed E-state index contributed by atoms with van der Waals surface area (Å²) < 4.78 is 10.9. The minimum absolute atomic E-state index is 0.162. The quantitative estimate of drug-likeness (QED) is 0.593. The molecule has 1 unspecified atom stereocenters. The summed E-state index contributed by atoms with van der Waals surface area (Å²) in [6, 6.07) is 8.38. The molecule has 1 fully saturated rings. The molecule has 1 aliphatic heterocycles. The van der Waals surface area contributed by atoms with Gasteiger partial charge in [-0.05, 0) is 83.4 Å². The Morgan fingerprint density at radius 1 is 1.27 bits per heavy atom. The van der Waals surface area contributed by atoms with E-state index in [0.717, 1.165) is 44.3 Å². The molecule has 164 valence electrons. The lowest BCUT2D eigenvalue weighted by molar-refractivity contribution is 0.0180. The Morgan fingerprint density at radius 2 is 1.93 bits per heavy atom. The highest BCUT2D eigenvalue weighted by Gasteiger charge is 2.27. The highest BCUT2D eigenvalue weighted by Crippen LogP contribution is 2.26. The van der Waals surface area contributed by atoms with Gasteiger partial charge in [0.1, 0.15) is 5.60 Å². The number of ether oxygens (including phenoxy) is 1. The second kappa shape index (κ2) is 9.77. The average molecular weight is 432 g/mol. The van der Waals surface area contributed by atoms with Gasteiger partial charge >= 0.3 is 6.09 Å². The van der Waals surface area contributed by atoms with E-state index in [4.69, 9.17) is 9.26 Å². The minimum Gasteiger partial charge on any atom is -0.444 e. The van der Waals surface area contributed by atoms with Crippen LogP contribution in [0.4, 0.5) is 4.79 Å². The van der Waals surface area contributed by atoms with Crippen molar-refractivity contribution in [2.45, 2.75) is 63.9 Å². The Hall–Kier alpha value is -2.15. The molecule has 6 nitrogen and oxygen atoms in total. The van der Waals surface area contributed by atoms with Crippen LogP contribution in [-0.4, -0.2) is 51.4 Å². The van der Waals surface area contributed by atoms with Gasteiger partial charge in [0, 0.05) is 30.0 Å². The monoisotopic (exact) mass is 431 g/mol. The van der Waals surface area contributed by atoms with Crippen molar-refractivity contribution in [3.63, 3.8) is 0 Å². The number of piperidine rings is 1. The standard InChI is InChI=1S/C23H33N3O3S/c1-6-30(5)19-10-8-18(9-11-19)21-24-20(29-25-21)12-7-17-13-15-26(16-14-17)22(27)28-23(2,3)4/h6,8-11,17H,7,12-16H2,1-5H3. The molecule has 1 saturated heterocycles. The van der Waals surface area contributed by atoms with Crippen molar-refractivity contribution in [1.29, 1.82) is 0 Å². The number of hydrogen-bond acceptors (Lipinski definition) is 5. The molecule has 1 aliphatic rings. The molecule has 2 heterocycles. The van der Waals surface area contributed by atoms with Gasteiger partial charge in [0.05, 0.1) is 0 Å². The van der Waals surface area contributed by atoms with Gasteiger partial charge in [0.25, 0.3) is 0 Å². The molecule has 1 aromatic carbocycles. The van der Waals surface area contributed by atoms with Crippen LogP contribution in [0.25, 0.3) is 11.4 Å². The van der Waals surface area contributed by atoms with Gasteiger partial charge in [0.2, 0.25) is 11.7 Å². The zero-order valence-corrected chi connectivity index (χ0v) is 19.5. The first-order valence-electron chi connectivity index (χ1n) is 10.6. The van der Waals surface area contributed by atoms with E-state index in [0.29, 0.717) is 17.6 Å². The lowest BCUT2D eigenvalue weighted by atomic mass is 9.92. The van der Waals surface area contributed by atoms with Crippen LogP contribution in [0, 0.1) is 5.92 Å². The fourth-order valence-electron chi connectivity index (χ4n) is 3.49. The van der Waals surface area contributed by atoms with Gasteiger partial charge in [-0.25, -0.2) is 4.79 Å². The molecule has 0 radical (unpaired) electrons. The van der Waals surface area contributed by atoms with Crippen LogP contribution in [0.2, 0.25) is 0 Å². The van der Waals surface area contributed by atoms with Crippen LogP contribution >= 0.6 is 10.5 Å². The maximum absolute atomic E-state index is 12.2. The molecule has 0 N–H and O–H groups in total. The number of rotatable bonds is 5. The molecule has 0 bridgehead atoms. The van der Waals surface area contributed by atoms with Gasteiger partial charge in [-0.1, -0.05) is 10.5 Å². The molecule has 30 heavy (non-hydrogen) atoms. The Kier molecular flexibility index (Phi) is 7.34. The fourth-order valence-corrected chi connectivity index (χ4v) is 4.32. The maximum Gasteiger partial charge on any atom is 0.410 e. The first kappa shape index (κ1) is 22.5. The first-order valence-corrected chi connectivity index (χ1v) is 12.3. The highest BCUT2D eigenvalue weighted by molar-refractivity contribution is 8.14. The van der Waals surface area contributed by atoms with Crippen molar-refractivity contribution in [3.05, 3.63) is 30.2 Å². The molecular formula is C23H33N3O3S. The summed E-state index contributed by atoms with van der Waals surface area (Å²) in [5.41, 5.74) is 0.532. The summed E-state index contributed by atoms with van der Waals surface area (Å²) in [7, 11) is 0.162. The summed E-state index contributed by atoms with van der Waals surface area (Å²) >= 11 is 0. The molecule has 1 amide bonds. The van der Waals surface area contributed by atoms with Gasteiger partial charge < -0.3 is 14.2 Å². The van der Waals surface area contributed by atoms with Crippen LogP contribution in [0.15, 0.2) is 33.7 Å². The van der Waals surface area contributed by atoms with Crippen LogP contribution < -0.4 is 0 Å². The number of carbonyl (C=O) groups is 1. The van der Waals surface area contributed by atoms with Crippen molar-refractivity contribution in [2.75, 3.05) is 19.3 Å². The molecule has 2 aromatic rings. The van der Waals surface area contributed by atoms with Crippen molar-refractivity contribution < 1.29 is 14.1 Å². The van der Waals surface area contributed by atoms with E-state index in [1.165, 1.54) is 4.90 Å². The Labute approximate surface area is 181 Å². The van der Waals surface area contributed by atoms with Crippen molar-refractivity contribution in [2.24, 2.45) is 5.92 Å². The Balaban J connectivity index is 1.48. The molecule has 1 aromatic heterocycles. The largest absolute Gasteiger partial charge is 0.444 e. The summed E-state index contributed by atoms with van der Waals surface area (Å²) in [6.45, 7) is 9.27. The summed E-state index contributed by atoms with van der Waals surface area (Å²) in [6.07, 6.45) is 5.73. The van der Waals surface area contributed by atoms with E-state index in [-0.39, 0.29) is 16.6 Å². The van der Waals surface area contributed by atoms with E-state index in [1.807, 2.05) is 25.7 Å². The van der Waals surface area contributed by atoms with E-state index >= 15 is 0 Å². The molecule has 3 rings (SSSR count). The number of benzene rings is 1. The number of likely N-dealkylation sites (tertiary alicyclic amines) is 1. The highest BCUT2D eigenvalue weighted by atomic mass is 32.2. The van der Waals surface area contributed by atoms with E-state index in [9.17, 15) is 4.79 Å². The minimum atomic E-state index is -0.447. The van der Waals surface area contributed by atoms with E-state index < -0.39 is 5.60 Å². The lowest BCUT2D eigenvalue weighted by Gasteiger charge is -2.33.